The van der Waals surface area contributed by atoms with Crippen LogP contribution in [-0.4, -0.2) is 43.4 Å². The molecular formula is C23H23N5O. The van der Waals surface area contributed by atoms with Gasteiger partial charge in [-0.25, -0.2) is 9.97 Å². The molecular weight excluding hydrogens is 362 g/mol. The summed E-state index contributed by atoms with van der Waals surface area (Å²) in [7, 11) is 0. The second-order valence-corrected chi connectivity index (χ2v) is 7.61. The van der Waals surface area contributed by atoms with Gasteiger partial charge in [-0.3, -0.25) is 9.78 Å². The molecule has 0 spiro atoms. The molecule has 1 aliphatic heterocycles. The van der Waals surface area contributed by atoms with Crippen LogP contribution < -0.4 is 0 Å². The van der Waals surface area contributed by atoms with E-state index in [1.165, 1.54) is 0 Å². The van der Waals surface area contributed by atoms with Gasteiger partial charge < -0.3 is 9.47 Å². The highest BCUT2D eigenvalue weighted by Crippen LogP contribution is 2.25. The number of hydrogen-bond donors (Lipinski definition) is 0. The van der Waals surface area contributed by atoms with E-state index in [0.717, 1.165) is 60.2 Å². The van der Waals surface area contributed by atoms with Gasteiger partial charge in [-0.05, 0) is 42.8 Å². The standard InChI is InChI=1S/C23H23N5O/c1-2-28-20(26-19-8-5-11-25-22(19)28)14-16-10-13-27(15-16)23(29)21-18-7-4-3-6-17(18)9-12-24-21/h3-9,11-12,16H,2,10,13-15H2,1H3. The summed E-state index contributed by atoms with van der Waals surface area (Å²) in [6.45, 7) is 4.47. The van der Waals surface area contributed by atoms with Crippen LogP contribution in [0.25, 0.3) is 21.9 Å². The quantitative estimate of drug-likeness (QED) is 0.537. The first-order chi connectivity index (χ1) is 14.2. The van der Waals surface area contributed by atoms with Crippen molar-refractivity contribution in [3.05, 3.63) is 66.4 Å². The fourth-order valence-corrected chi connectivity index (χ4v) is 4.38. The van der Waals surface area contributed by atoms with E-state index in [-0.39, 0.29) is 5.91 Å². The molecule has 1 atom stereocenters. The van der Waals surface area contributed by atoms with Crippen molar-refractivity contribution in [1.29, 1.82) is 0 Å². The van der Waals surface area contributed by atoms with Crippen LogP contribution in [0.3, 0.4) is 0 Å². The van der Waals surface area contributed by atoms with Gasteiger partial charge in [0.2, 0.25) is 0 Å². The molecule has 0 saturated carbocycles. The number of likely N-dealkylation sites (tertiary alicyclic amines) is 1. The van der Waals surface area contributed by atoms with Crippen LogP contribution in [0.15, 0.2) is 54.9 Å². The fourth-order valence-electron chi connectivity index (χ4n) is 4.38. The molecule has 4 aromatic rings. The first-order valence-electron chi connectivity index (χ1n) is 10.2. The number of carbonyl (C=O) groups excluding carboxylic acids is 1. The second-order valence-electron chi connectivity index (χ2n) is 7.61. The van der Waals surface area contributed by atoms with E-state index in [2.05, 4.69) is 21.5 Å². The van der Waals surface area contributed by atoms with E-state index < -0.39 is 0 Å². The molecule has 0 radical (unpaired) electrons. The van der Waals surface area contributed by atoms with Crippen molar-refractivity contribution in [1.82, 2.24) is 24.4 Å². The molecule has 4 heterocycles. The van der Waals surface area contributed by atoms with E-state index in [9.17, 15) is 4.79 Å². The molecule has 1 aliphatic rings. The molecule has 6 nitrogen and oxygen atoms in total. The lowest BCUT2D eigenvalue weighted by molar-refractivity contribution is 0.0783. The third-order valence-electron chi connectivity index (χ3n) is 5.82. The first kappa shape index (κ1) is 17.8. The zero-order valence-electron chi connectivity index (χ0n) is 16.5. The van der Waals surface area contributed by atoms with Crippen LogP contribution in [0.4, 0.5) is 0 Å². The molecule has 0 aliphatic carbocycles. The highest BCUT2D eigenvalue weighted by molar-refractivity contribution is 6.05. The van der Waals surface area contributed by atoms with Crippen LogP contribution >= 0.6 is 0 Å². The minimum Gasteiger partial charge on any atom is -0.337 e. The number of fused-ring (bicyclic) bond motifs is 2. The van der Waals surface area contributed by atoms with Crippen LogP contribution in [-0.2, 0) is 13.0 Å². The Kier molecular flexibility index (Phi) is 4.46. The number of rotatable bonds is 4. The number of amides is 1. The van der Waals surface area contributed by atoms with Gasteiger partial charge in [0, 0.05) is 43.8 Å². The number of carbonyl (C=O) groups is 1. The van der Waals surface area contributed by atoms with Crippen molar-refractivity contribution in [3.8, 4) is 0 Å². The Bertz CT molecular complexity index is 1190. The maximum Gasteiger partial charge on any atom is 0.273 e. The number of pyridine rings is 2. The third-order valence-corrected chi connectivity index (χ3v) is 5.82. The number of hydrogen-bond acceptors (Lipinski definition) is 4. The highest BCUT2D eigenvalue weighted by atomic mass is 16.2. The minimum absolute atomic E-state index is 0.0231. The Balaban J connectivity index is 1.36. The van der Waals surface area contributed by atoms with Gasteiger partial charge in [0.05, 0.1) is 0 Å². The van der Waals surface area contributed by atoms with Gasteiger partial charge in [-0.2, -0.15) is 0 Å². The monoisotopic (exact) mass is 385 g/mol. The molecule has 1 fully saturated rings. The molecule has 6 heteroatoms. The lowest BCUT2D eigenvalue weighted by atomic mass is 10.0. The zero-order valence-corrected chi connectivity index (χ0v) is 16.5. The third kappa shape index (κ3) is 3.14. The van der Waals surface area contributed by atoms with Gasteiger partial charge in [0.15, 0.2) is 5.65 Å². The maximum absolute atomic E-state index is 13.2. The summed E-state index contributed by atoms with van der Waals surface area (Å²) in [5.74, 6) is 1.48. The van der Waals surface area contributed by atoms with Crippen molar-refractivity contribution in [2.75, 3.05) is 13.1 Å². The number of aryl methyl sites for hydroxylation is 1. The first-order valence-corrected chi connectivity index (χ1v) is 10.2. The predicted octanol–water partition coefficient (Wildman–Crippen LogP) is 3.70. The van der Waals surface area contributed by atoms with E-state index in [1.807, 2.05) is 53.6 Å². The van der Waals surface area contributed by atoms with Crippen molar-refractivity contribution >= 4 is 27.8 Å². The summed E-state index contributed by atoms with van der Waals surface area (Å²) in [5.41, 5.74) is 2.43. The zero-order chi connectivity index (χ0) is 19.8. The second kappa shape index (κ2) is 7.28. The van der Waals surface area contributed by atoms with Crippen LogP contribution in [0.2, 0.25) is 0 Å². The van der Waals surface area contributed by atoms with Gasteiger partial charge in [0.25, 0.3) is 5.91 Å². The molecule has 1 amide bonds. The minimum atomic E-state index is 0.0231. The van der Waals surface area contributed by atoms with E-state index in [0.29, 0.717) is 11.6 Å². The Morgan fingerprint density at radius 3 is 2.90 bits per heavy atom. The van der Waals surface area contributed by atoms with Crippen molar-refractivity contribution in [2.24, 2.45) is 5.92 Å². The van der Waals surface area contributed by atoms with Gasteiger partial charge >= 0.3 is 0 Å². The van der Waals surface area contributed by atoms with Crippen molar-refractivity contribution < 1.29 is 4.79 Å². The van der Waals surface area contributed by atoms with Crippen LogP contribution in [0, 0.1) is 5.92 Å². The summed E-state index contributed by atoms with van der Waals surface area (Å²) in [6.07, 6.45) is 5.38. The van der Waals surface area contributed by atoms with Crippen LogP contribution in [0.1, 0.15) is 29.7 Å². The largest absolute Gasteiger partial charge is 0.337 e. The molecule has 146 valence electrons. The number of aromatic nitrogens is 4. The van der Waals surface area contributed by atoms with Crippen molar-refractivity contribution in [3.63, 3.8) is 0 Å². The molecule has 1 saturated heterocycles. The Hall–Kier alpha value is -3.28. The molecule has 5 rings (SSSR count). The summed E-state index contributed by atoms with van der Waals surface area (Å²) in [4.78, 5) is 28.8. The van der Waals surface area contributed by atoms with Gasteiger partial charge in [0.1, 0.15) is 17.0 Å². The summed E-state index contributed by atoms with van der Waals surface area (Å²) in [6, 6.07) is 13.8. The fraction of sp³-hybridized carbons (Fsp3) is 0.304. The van der Waals surface area contributed by atoms with E-state index in [1.54, 1.807) is 6.20 Å². The number of benzene rings is 1. The smallest absolute Gasteiger partial charge is 0.273 e. The van der Waals surface area contributed by atoms with Crippen molar-refractivity contribution in [2.45, 2.75) is 26.3 Å². The summed E-state index contributed by atoms with van der Waals surface area (Å²) >= 11 is 0. The number of nitrogens with zero attached hydrogens (tertiary/aromatic N) is 5. The lowest BCUT2D eigenvalue weighted by Crippen LogP contribution is -2.30. The number of imidazole rings is 1. The molecule has 0 N–H and O–H groups in total. The Labute approximate surface area is 169 Å². The van der Waals surface area contributed by atoms with E-state index >= 15 is 0 Å². The lowest BCUT2D eigenvalue weighted by Gasteiger charge is -2.17. The Morgan fingerprint density at radius 2 is 2.00 bits per heavy atom. The molecule has 0 bridgehead atoms. The highest BCUT2D eigenvalue weighted by Gasteiger charge is 2.29. The molecule has 29 heavy (non-hydrogen) atoms. The van der Waals surface area contributed by atoms with E-state index in [4.69, 9.17) is 4.98 Å². The average molecular weight is 385 g/mol. The summed E-state index contributed by atoms with van der Waals surface area (Å²) in [5, 5.41) is 1.97. The maximum atomic E-state index is 13.2. The molecule has 1 unspecified atom stereocenters. The molecule has 1 aromatic carbocycles. The average Bonchev–Trinajstić information content (AvgIpc) is 3.37. The van der Waals surface area contributed by atoms with Crippen LogP contribution in [0.5, 0.6) is 0 Å². The summed E-state index contributed by atoms with van der Waals surface area (Å²) < 4.78 is 2.19. The van der Waals surface area contributed by atoms with Gasteiger partial charge in [-0.15, -0.1) is 0 Å². The Morgan fingerprint density at radius 1 is 1.10 bits per heavy atom. The topological polar surface area (TPSA) is 63.9 Å². The normalized spacial score (nSPS) is 16.7. The van der Waals surface area contributed by atoms with Gasteiger partial charge in [-0.1, -0.05) is 24.3 Å². The predicted molar refractivity (Wildman–Crippen MR) is 113 cm³/mol. The molecule has 3 aromatic heterocycles. The SMILES string of the molecule is CCn1c(CC2CCN(C(=O)c3nccc4ccccc34)C2)nc2cccnc21.